The predicted molar refractivity (Wildman–Crippen MR) is 136 cm³/mol. The smallest absolute Gasteiger partial charge is 0.459 e. The number of nitrogens with two attached hydrogens (primary N) is 1. The minimum Gasteiger partial charge on any atom is -0.462 e. The highest BCUT2D eigenvalue weighted by Crippen LogP contribution is 2.87. The maximum absolute atomic E-state index is 16.1. The molecular formula is C25H31F2N4O8P. The number of esters is 1. The topological polar surface area (TPSA) is 164 Å². The summed E-state index contributed by atoms with van der Waals surface area (Å²) in [6.07, 6.45) is 0.327. The zero-order valence-corrected chi connectivity index (χ0v) is 23.1. The van der Waals surface area contributed by atoms with E-state index in [0.29, 0.717) is 0 Å². The molecule has 0 radical (unpaired) electrons. The summed E-state index contributed by atoms with van der Waals surface area (Å²) >= 11 is 0. The Kier molecular flexibility index (Phi) is 6.86. The number of carbonyl (C=O) groups excluding carboxylic acids is 1. The molecule has 6 unspecified atom stereocenters. The Morgan fingerprint density at radius 3 is 2.62 bits per heavy atom. The Morgan fingerprint density at radius 1 is 1.32 bits per heavy atom. The molecule has 1 aromatic heterocycles. The van der Waals surface area contributed by atoms with Gasteiger partial charge in [-0.15, -0.1) is 0 Å². The lowest BCUT2D eigenvalue weighted by molar-refractivity contribution is -0.149. The number of carbonyl (C=O) groups is 1. The van der Waals surface area contributed by atoms with Gasteiger partial charge in [-0.25, -0.2) is 18.1 Å². The van der Waals surface area contributed by atoms with Crippen molar-refractivity contribution in [3.63, 3.8) is 0 Å². The fraction of sp³-hybridized carbons (Fsp3) is 0.560. The van der Waals surface area contributed by atoms with Crippen molar-refractivity contribution in [3.8, 4) is 5.75 Å². The van der Waals surface area contributed by atoms with Gasteiger partial charge < -0.3 is 24.8 Å². The highest BCUT2D eigenvalue weighted by Gasteiger charge is 2.98. The van der Waals surface area contributed by atoms with E-state index in [1.807, 2.05) is 0 Å². The summed E-state index contributed by atoms with van der Waals surface area (Å²) in [4.78, 5) is 28.3. The second-order valence-electron chi connectivity index (χ2n) is 10.8. The summed E-state index contributed by atoms with van der Waals surface area (Å²) in [6, 6.07) is 5.65. The number of para-hydroxylation sites is 1. The van der Waals surface area contributed by atoms with E-state index in [2.05, 4.69) is 10.1 Å². The van der Waals surface area contributed by atoms with Crippen LogP contribution in [0.2, 0.25) is 0 Å². The third-order valence-electron chi connectivity index (χ3n) is 8.00. The lowest BCUT2D eigenvalue weighted by atomic mass is 9.95. The van der Waals surface area contributed by atoms with Gasteiger partial charge in [-0.1, -0.05) is 18.2 Å². The normalized spacial score (nSPS) is 34.0. The molecule has 1 aliphatic heterocycles. The number of benzene rings is 1. The van der Waals surface area contributed by atoms with Gasteiger partial charge in [-0.3, -0.25) is 13.9 Å². The largest absolute Gasteiger partial charge is 0.462 e. The van der Waals surface area contributed by atoms with Crippen LogP contribution in [0.4, 0.5) is 14.6 Å². The number of alkyl halides is 1. The van der Waals surface area contributed by atoms with E-state index in [1.54, 1.807) is 39.0 Å². The highest BCUT2D eigenvalue weighted by molar-refractivity contribution is 7.52. The highest BCUT2D eigenvalue weighted by atomic mass is 31.2. The first-order chi connectivity index (χ1) is 18.7. The van der Waals surface area contributed by atoms with Crippen molar-refractivity contribution in [2.45, 2.75) is 57.3 Å². The van der Waals surface area contributed by atoms with Gasteiger partial charge in [0.2, 0.25) is 5.85 Å². The molecule has 15 heteroatoms. The number of rotatable bonds is 11. The number of nitrogens with one attached hydrogen (secondary N) is 1. The van der Waals surface area contributed by atoms with Gasteiger partial charge in [0.25, 0.3) is 0 Å². The molecule has 0 amide bonds. The van der Waals surface area contributed by atoms with Crippen LogP contribution in [0.5, 0.6) is 5.75 Å². The number of nitrogen functional groups attached to an aromatic ring is 1. The zero-order valence-electron chi connectivity index (χ0n) is 22.2. The van der Waals surface area contributed by atoms with E-state index in [0.717, 1.165) is 10.8 Å². The van der Waals surface area contributed by atoms with Crippen molar-refractivity contribution in [3.05, 3.63) is 52.8 Å². The van der Waals surface area contributed by atoms with E-state index in [-0.39, 0.29) is 5.75 Å². The van der Waals surface area contributed by atoms with E-state index in [1.165, 1.54) is 19.1 Å². The van der Waals surface area contributed by atoms with Crippen LogP contribution in [0.1, 0.15) is 33.7 Å². The first kappa shape index (κ1) is 28.6. The van der Waals surface area contributed by atoms with Gasteiger partial charge in [0.15, 0.2) is 11.6 Å². The van der Waals surface area contributed by atoms with Gasteiger partial charge in [-0.05, 0) is 39.8 Å². The Morgan fingerprint density at radius 2 is 2.00 bits per heavy atom. The van der Waals surface area contributed by atoms with Crippen LogP contribution in [0, 0.1) is 23.1 Å². The van der Waals surface area contributed by atoms with Crippen molar-refractivity contribution >= 4 is 19.5 Å². The van der Waals surface area contributed by atoms with Crippen molar-refractivity contribution in [2.75, 3.05) is 18.9 Å². The third kappa shape index (κ3) is 4.33. The van der Waals surface area contributed by atoms with Crippen LogP contribution in [-0.2, 0) is 23.4 Å². The molecule has 2 aromatic rings. The van der Waals surface area contributed by atoms with Crippen molar-refractivity contribution < 1.29 is 41.8 Å². The summed E-state index contributed by atoms with van der Waals surface area (Å²) in [5.74, 6) is -6.33. The minimum absolute atomic E-state index is 0.166. The fourth-order valence-corrected chi connectivity index (χ4v) is 7.63. The number of ether oxygens (including phenoxy) is 2. The van der Waals surface area contributed by atoms with E-state index >= 15 is 4.39 Å². The molecule has 218 valence electrons. The summed E-state index contributed by atoms with van der Waals surface area (Å²) in [5.41, 5.74) is 1.86. The number of anilines is 1. The molecular weight excluding hydrogens is 553 g/mol. The molecule has 3 aliphatic rings. The molecule has 1 saturated heterocycles. The fourth-order valence-electron chi connectivity index (χ4n) is 6.08. The van der Waals surface area contributed by atoms with Crippen LogP contribution < -0.4 is 21.0 Å². The maximum atomic E-state index is 16.1. The van der Waals surface area contributed by atoms with Gasteiger partial charge in [0.1, 0.15) is 17.8 Å². The maximum Gasteiger partial charge on any atom is 0.459 e. The summed E-state index contributed by atoms with van der Waals surface area (Å²) < 4.78 is 67.5. The lowest BCUT2D eigenvalue weighted by Crippen LogP contribution is -2.37. The molecule has 2 saturated carbocycles. The summed E-state index contributed by atoms with van der Waals surface area (Å²) in [6.45, 7) is 5.42. The zero-order chi connectivity index (χ0) is 29.3. The Labute approximate surface area is 228 Å². The number of aliphatic hydroxyl groups is 1. The number of halogens is 2. The Hall–Kier alpha value is -2.90. The Bertz CT molecular complexity index is 1430. The second-order valence-corrected chi connectivity index (χ2v) is 12.5. The molecule has 1 aromatic carbocycles. The number of hydrogen-bond acceptors (Lipinski definition) is 10. The molecule has 8 atom stereocenters. The number of hydrogen-bond donors (Lipinski definition) is 3. The van der Waals surface area contributed by atoms with Crippen LogP contribution in [0.3, 0.4) is 0 Å². The van der Waals surface area contributed by atoms with Crippen LogP contribution in [0.25, 0.3) is 0 Å². The van der Waals surface area contributed by atoms with Gasteiger partial charge in [0.05, 0.1) is 24.2 Å². The standard InChI is InChI=1S/C25H31F2N4O8P/c1-13(2)37-21(33)14(3)30-40(35,38-15-8-6-5-7-9-15)36-12-24-17(11-32)23(24,4)39-25(27)18(24)19(25)31-10-16(26)20(28)29-22(31)34/h5-10,13-14,17-19,32H,11-12H2,1-4H3,(H,30,35)(H2,28,29,34)/t14-,17?,18?,19+,23?,24?,25?,40?/m0/s1. The summed E-state index contributed by atoms with van der Waals surface area (Å²) in [7, 11) is -4.34. The first-order valence-corrected chi connectivity index (χ1v) is 14.3. The average Bonchev–Trinajstić information content (AvgIpc) is 3.62. The lowest BCUT2D eigenvalue weighted by Gasteiger charge is -2.26. The van der Waals surface area contributed by atoms with Crippen molar-refractivity contribution in [1.29, 1.82) is 0 Å². The molecule has 2 aliphatic carbocycles. The number of aliphatic hydroxyl groups excluding tert-OH is 1. The minimum atomic E-state index is -4.34. The molecule has 0 bridgehead atoms. The molecule has 40 heavy (non-hydrogen) atoms. The monoisotopic (exact) mass is 584 g/mol. The molecule has 4 N–H and O–H groups in total. The van der Waals surface area contributed by atoms with Gasteiger partial charge in [-0.2, -0.15) is 10.1 Å². The van der Waals surface area contributed by atoms with Crippen LogP contribution in [-0.4, -0.2) is 57.4 Å². The van der Waals surface area contributed by atoms with E-state index < -0.39 is 91.1 Å². The SMILES string of the molecule is CC(C)OC(=O)[C@H](C)NP(=O)(OCC12C3[C@@H](n4cc(F)c(N)nc4=O)C3(F)OC1(C)C2CO)Oc1ccccc1. The molecule has 0 spiro atoms. The van der Waals surface area contributed by atoms with E-state index in [9.17, 15) is 23.7 Å². The van der Waals surface area contributed by atoms with Crippen molar-refractivity contribution in [2.24, 2.45) is 17.3 Å². The average molecular weight is 585 g/mol. The number of fused-ring (bicyclic) bond motifs is 3. The molecule has 3 fully saturated rings. The van der Waals surface area contributed by atoms with E-state index in [4.69, 9.17) is 24.3 Å². The Balaban J connectivity index is 1.44. The molecule has 5 rings (SSSR count). The van der Waals surface area contributed by atoms with Crippen LogP contribution >= 0.6 is 7.75 Å². The predicted octanol–water partition coefficient (Wildman–Crippen LogP) is 2.33. The quantitative estimate of drug-likeness (QED) is 0.262. The second kappa shape index (κ2) is 9.59. The molecule has 12 nitrogen and oxygen atoms in total. The number of nitrogens with zero attached hydrogens (tertiary/aromatic N) is 2. The van der Waals surface area contributed by atoms with Crippen LogP contribution in [0.15, 0.2) is 41.3 Å². The van der Waals surface area contributed by atoms with Gasteiger partial charge in [0, 0.05) is 24.1 Å². The first-order valence-electron chi connectivity index (χ1n) is 12.7. The van der Waals surface area contributed by atoms with Gasteiger partial charge >= 0.3 is 19.4 Å². The number of aromatic nitrogens is 2. The van der Waals surface area contributed by atoms with Crippen molar-refractivity contribution in [1.82, 2.24) is 14.6 Å². The summed E-state index contributed by atoms with van der Waals surface area (Å²) in [5, 5.41) is 12.7. The third-order valence-corrected chi connectivity index (χ3v) is 9.62. The molecule has 2 heterocycles.